The fourth-order valence-electron chi connectivity index (χ4n) is 3.58. The fourth-order valence-corrected chi connectivity index (χ4v) is 4.65. The molecule has 0 aromatic heterocycles. The lowest BCUT2D eigenvalue weighted by molar-refractivity contribution is -0.121. The van der Waals surface area contributed by atoms with Crippen molar-refractivity contribution in [3.05, 3.63) is 42.5 Å². The van der Waals surface area contributed by atoms with Crippen molar-refractivity contribution in [1.29, 1.82) is 0 Å². The molecule has 1 aliphatic rings. The van der Waals surface area contributed by atoms with Gasteiger partial charge in [-0.3, -0.25) is 9.69 Å². The molecule has 1 atom stereocenters. The zero-order valence-corrected chi connectivity index (χ0v) is 16.5. The SMILES string of the molecule is CCN1CCCC1CNC(=O)CCNS(=O)(=O)c1ccc2ccccc2c1. The predicted molar refractivity (Wildman–Crippen MR) is 107 cm³/mol. The van der Waals surface area contributed by atoms with Gasteiger partial charge in [0.25, 0.3) is 0 Å². The van der Waals surface area contributed by atoms with Gasteiger partial charge in [-0.25, -0.2) is 13.1 Å². The molecule has 27 heavy (non-hydrogen) atoms. The van der Waals surface area contributed by atoms with E-state index in [0.717, 1.165) is 30.3 Å². The molecule has 0 aliphatic carbocycles. The van der Waals surface area contributed by atoms with Crippen LogP contribution < -0.4 is 10.0 Å². The van der Waals surface area contributed by atoms with E-state index in [-0.39, 0.29) is 23.8 Å². The molecule has 0 spiro atoms. The molecule has 2 aromatic carbocycles. The summed E-state index contributed by atoms with van der Waals surface area (Å²) in [5, 5.41) is 4.78. The Morgan fingerprint density at radius 1 is 1.19 bits per heavy atom. The van der Waals surface area contributed by atoms with Crippen molar-refractivity contribution >= 4 is 26.7 Å². The first-order valence-corrected chi connectivity index (χ1v) is 11.0. The van der Waals surface area contributed by atoms with Crippen LogP contribution in [-0.4, -0.2) is 51.4 Å². The van der Waals surface area contributed by atoms with E-state index >= 15 is 0 Å². The Morgan fingerprint density at radius 2 is 1.96 bits per heavy atom. The highest BCUT2D eigenvalue weighted by molar-refractivity contribution is 7.89. The number of carbonyl (C=O) groups is 1. The van der Waals surface area contributed by atoms with Gasteiger partial charge in [-0.2, -0.15) is 0 Å². The number of rotatable bonds is 8. The molecule has 1 fully saturated rings. The molecule has 1 saturated heterocycles. The van der Waals surface area contributed by atoms with Gasteiger partial charge in [-0.15, -0.1) is 0 Å². The summed E-state index contributed by atoms with van der Waals surface area (Å²) in [6.07, 6.45) is 2.40. The number of hydrogen-bond acceptors (Lipinski definition) is 4. The molecule has 1 unspecified atom stereocenters. The molecule has 3 rings (SSSR count). The third-order valence-corrected chi connectivity index (χ3v) is 6.57. The van der Waals surface area contributed by atoms with Gasteiger partial charge in [0, 0.05) is 25.6 Å². The largest absolute Gasteiger partial charge is 0.354 e. The predicted octanol–water partition coefficient (Wildman–Crippen LogP) is 2.11. The number of amides is 1. The van der Waals surface area contributed by atoms with Gasteiger partial charge in [0.1, 0.15) is 0 Å². The molecule has 1 amide bonds. The summed E-state index contributed by atoms with van der Waals surface area (Å²) < 4.78 is 27.4. The molecule has 2 aromatic rings. The van der Waals surface area contributed by atoms with Gasteiger partial charge < -0.3 is 5.32 Å². The zero-order valence-electron chi connectivity index (χ0n) is 15.6. The van der Waals surface area contributed by atoms with Gasteiger partial charge in [0.15, 0.2) is 0 Å². The van der Waals surface area contributed by atoms with Gasteiger partial charge in [-0.05, 0) is 48.8 Å². The monoisotopic (exact) mass is 389 g/mol. The summed E-state index contributed by atoms with van der Waals surface area (Å²) >= 11 is 0. The Morgan fingerprint density at radius 3 is 2.74 bits per heavy atom. The number of fused-ring (bicyclic) bond motifs is 1. The average molecular weight is 390 g/mol. The summed E-state index contributed by atoms with van der Waals surface area (Å²) in [4.78, 5) is 14.6. The van der Waals surface area contributed by atoms with Gasteiger partial charge in [-0.1, -0.05) is 37.3 Å². The summed E-state index contributed by atoms with van der Waals surface area (Å²) in [5.74, 6) is -0.126. The number of sulfonamides is 1. The highest BCUT2D eigenvalue weighted by Crippen LogP contribution is 2.19. The lowest BCUT2D eigenvalue weighted by atomic mass is 10.1. The second-order valence-corrected chi connectivity index (χ2v) is 8.65. The Kier molecular flexibility index (Phi) is 6.46. The number of likely N-dealkylation sites (N-methyl/N-ethyl adjacent to an activating group) is 1. The first kappa shape index (κ1) is 19.8. The van der Waals surface area contributed by atoms with E-state index < -0.39 is 10.0 Å². The molecule has 7 heteroatoms. The second-order valence-electron chi connectivity index (χ2n) is 6.89. The third-order valence-electron chi connectivity index (χ3n) is 5.12. The fraction of sp³-hybridized carbons (Fsp3) is 0.450. The highest BCUT2D eigenvalue weighted by Gasteiger charge is 2.23. The number of carbonyl (C=O) groups excluding carboxylic acids is 1. The molecule has 0 radical (unpaired) electrons. The lowest BCUT2D eigenvalue weighted by Crippen LogP contribution is -2.40. The van der Waals surface area contributed by atoms with Crippen LogP contribution in [0, 0.1) is 0 Å². The lowest BCUT2D eigenvalue weighted by Gasteiger charge is -2.22. The molecular weight excluding hydrogens is 362 g/mol. The molecule has 6 nitrogen and oxygen atoms in total. The molecule has 2 N–H and O–H groups in total. The van der Waals surface area contributed by atoms with E-state index in [4.69, 9.17) is 0 Å². The van der Waals surface area contributed by atoms with E-state index in [1.807, 2.05) is 24.3 Å². The third kappa shape index (κ3) is 5.06. The minimum atomic E-state index is -3.63. The van der Waals surface area contributed by atoms with E-state index in [2.05, 4.69) is 21.9 Å². The van der Waals surface area contributed by atoms with Crippen molar-refractivity contribution in [2.75, 3.05) is 26.2 Å². The smallest absolute Gasteiger partial charge is 0.240 e. The topological polar surface area (TPSA) is 78.5 Å². The normalized spacial score (nSPS) is 18.0. The first-order valence-electron chi connectivity index (χ1n) is 9.49. The summed E-state index contributed by atoms with van der Waals surface area (Å²) in [5.41, 5.74) is 0. The van der Waals surface area contributed by atoms with Crippen LogP contribution >= 0.6 is 0 Å². The van der Waals surface area contributed by atoms with Crippen LogP contribution in [0.1, 0.15) is 26.2 Å². The zero-order chi connectivity index (χ0) is 19.3. The van der Waals surface area contributed by atoms with Crippen LogP contribution in [0.4, 0.5) is 0 Å². The minimum absolute atomic E-state index is 0.0865. The second kappa shape index (κ2) is 8.82. The Balaban J connectivity index is 1.49. The van der Waals surface area contributed by atoms with Crippen LogP contribution in [0.5, 0.6) is 0 Å². The number of nitrogens with one attached hydrogen (secondary N) is 2. The van der Waals surface area contributed by atoms with E-state index in [0.29, 0.717) is 12.6 Å². The number of hydrogen-bond donors (Lipinski definition) is 2. The van der Waals surface area contributed by atoms with Crippen LogP contribution in [-0.2, 0) is 14.8 Å². The Labute approximate surface area is 161 Å². The minimum Gasteiger partial charge on any atom is -0.354 e. The van der Waals surface area contributed by atoms with Crippen molar-refractivity contribution in [3.8, 4) is 0 Å². The molecule has 1 heterocycles. The summed E-state index contributed by atoms with van der Waals surface area (Å²) in [6.45, 7) is 4.92. The van der Waals surface area contributed by atoms with E-state index in [9.17, 15) is 13.2 Å². The Hall–Kier alpha value is -1.96. The highest BCUT2D eigenvalue weighted by atomic mass is 32.2. The van der Waals surface area contributed by atoms with Crippen molar-refractivity contribution in [1.82, 2.24) is 14.9 Å². The molecule has 0 saturated carbocycles. The van der Waals surface area contributed by atoms with E-state index in [1.54, 1.807) is 18.2 Å². The van der Waals surface area contributed by atoms with Gasteiger partial charge in [0.05, 0.1) is 4.90 Å². The maximum absolute atomic E-state index is 12.5. The van der Waals surface area contributed by atoms with Gasteiger partial charge >= 0.3 is 0 Å². The molecular formula is C20H27N3O3S. The Bertz CT molecular complexity index is 898. The quantitative estimate of drug-likeness (QED) is 0.725. The van der Waals surface area contributed by atoms with E-state index in [1.165, 1.54) is 6.42 Å². The van der Waals surface area contributed by atoms with Crippen molar-refractivity contribution in [3.63, 3.8) is 0 Å². The first-order chi connectivity index (χ1) is 13.0. The van der Waals surface area contributed by atoms with Crippen LogP contribution in [0.25, 0.3) is 10.8 Å². The van der Waals surface area contributed by atoms with Crippen molar-refractivity contribution in [2.24, 2.45) is 0 Å². The van der Waals surface area contributed by atoms with Crippen LogP contribution in [0.15, 0.2) is 47.4 Å². The van der Waals surface area contributed by atoms with Crippen LogP contribution in [0.2, 0.25) is 0 Å². The molecule has 146 valence electrons. The number of benzene rings is 2. The molecule has 0 bridgehead atoms. The molecule has 1 aliphatic heterocycles. The standard InChI is InChI=1S/C20H27N3O3S/c1-2-23-13-5-8-18(23)15-21-20(24)11-12-22-27(25,26)19-10-9-16-6-3-4-7-17(16)14-19/h3-4,6-7,9-10,14,18,22H,2,5,8,11-13,15H2,1H3,(H,21,24). The van der Waals surface area contributed by atoms with Gasteiger partial charge in [0.2, 0.25) is 15.9 Å². The van der Waals surface area contributed by atoms with Crippen LogP contribution in [0.3, 0.4) is 0 Å². The number of nitrogens with zero attached hydrogens (tertiary/aromatic N) is 1. The van der Waals surface area contributed by atoms with Crippen molar-refractivity contribution < 1.29 is 13.2 Å². The summed E-state index contributed by atoms with van der Waals surface area (Å²) in [6, 6.07) is 13.0. The average Bonchev–Trinajstić information content (AvgIpc) is 3.13. The number of likely N-dealkylation sites (tertiary alicyclic amines) is 1. The summed E-state index contributed by atoms with van der Waals surface area (Å²) in [7, 11) is -3.63. The maximum atomic E-state index is 12.5. The van der Waals surface area contributed by atoms with Crippen molar-refractivity contribution in [2.45, 2.75) is 37.1 Å². The maximum Gasteiger partial charge on any atom is 0.240 e.